The van der Waals surface area contributed by atoms with Gasteiger partial charge in [0.15, 0.2) is 6.61 Å². The lowest BCUT2D eigenvalue weighted by Gasteiger charge is -2.08. The zero-order chi connectivity index (χ0) is 23.1. The van der Waals surface area contributed by atoms with Gasteiger partial charge >= 0.3 is 12.6 Å². The number of hydrogen-bond donors (Lipinski definition) is 1. The van der Waals surface area contributed by atoms with Crippen molar-refractivity contribution in [2.45, 2.75) is 19.6 Å². The Bertz CT molecular complexity index is 1190. The van der Waals surface area contributed by atoms with E-state index in [9.17, 15) is 28.0 Å². The van der Waals surface area contributed by atoms with Crippen LogP contribution in [0.2, 0.25) is 0 Å². The zero-order valence-electron chi connectivity index (χ0n) is 16.5. The van der Waals surface area contributed by atoms with E-state index in [2.05, 4.69) is 9.72 Å². The van der Waals surface area contributed by atoms with E-state index in [1.54, 1.807) is 24.3 Å². The summed E-state index contributed by atoms with van der Waals surface area (Å²) in [4.78, 5) is 52.2. The van der Waals surface area contributed by atoms with Crippen molar-refractivity contribution in [2.75, 3.05) is 6.61 Å². The number of nitrogens with one attached hydrogen (secondary N) is 1. The second-order valence-corrected chi connectivity index (χ2v) is 6.45. The third-order valence-electron chi connectivity index (χ3n) is 4.25. The zero-order valence-corrected chi connectivity index (χ0v) is 16.5. The highest BCUT2D eigenvalue weighted by Crippen LogP contribution is 2.14. The monoisotopic (exact) mass is 445 g/mol. The fourth-order valence-electron chi connectivity index (χ4n) is 2.72. The Hall–Kier alpha value is -4.15. The van der Waals surface area contributed by atoms with Crippen molar-refractivity contribution in [3.8, 4) is 5.75 Å². The molecule has 0 spiro atoms. The van der Waals surface area contributed by atoms with Crippen LogP contribution in [0.5, 0.6) is 5.75 Å². The Morgan fingerprint density at radius 3 is 2.50 bits per heavy atom. The van der Waals surface area contributed by atoms with E-state index in [4.69, 9.17) is 4.74 Å². The fourth-order valence-corrected chi connectivity index (χ4v) is 2.72. The van der Waals surface area contributed by atoms with Crippen LogP contribution in [0.4, 0.5) is 8.78 Å². The van der Waals surface area contributed by atoms with Gasteiger partial charge in [-0.15, -0.1) is 0 Å². The summed E-state index contributed by atoms with van der Waals surface area (Å²) < 4.78 is 34.5. The largest absolute Gasteiger partial charge is 0.456 e. The Kier molecular flexibility index (Phi) is 7.21. The lowest BCUT2D eigenvalue weighted by Crippen LogP contribution is -2.34. The molecule has 32 heavy (non-hydrogen) atoms. The van der Waals surface area contributed by atoms with Gasteiger partial charge in [-0.2, -0.15) is 8.78 Å². The molecule has 166 valence electrons. The molecule has 0 radical (unpaired) electrons. The smallest absolute Gasteiger partial charge is 0.387 e. The highest BCUT2D eigenvalue weighted by Gasteiger charge is 2.14. The van der Waals surface area contributed by atoms with Crippen molar-refractivity contribution in [1.29, 1.82) is 0 Å². The normalized spacial score (nSPS) is 10.7. The molecule has 0 aliphatic carbocycles. The second-order valence-electron chi connectivity index (χ2n) is 6.45. The lowest BCUT2D eigenvalue weighted by atomic mass is 10.2. The first-order valence-electron chi connectivity index (χ1n) is 9.32. The molecule has 1 N–H and O–H groups in total. The predicted octanol–water partition coefficient (Wildman–Crippen LogP) is 1.89. The van der Waals surface area contributed by atoms with Gasteiger partial charge in [0.1, 0.15) is 5.75 Å². The number of esters is 1. The number of alkyl halides is 2. The van der Waals surface area contributed by atoms with E-state index in [1.807, 2.05) is 5.32 Å². The molecule has 1 aromatic heterocycles. The SMILES string of the molecule is O=C(COC(=O)CCn1cnc2ccccc2c1=O)NC(=O)c1ccc(OC(F)F)cc1. The molecule has 0 unspecified atom stereocenters. The van der Waals surface area contributed by atoms with Crippen molar-refractivity contribution in [3.63, 3.8) is 0 Å². The molecule has 0 fully saturated rings. The van der Waals surface area contributed by atoms with Gasteiger partial charge in [0.2, 0.25) is 0 Å². The molecule has 0 aliphatic rings. The van der Waals surface area contributed by atoms with Crippen LogP contribution in [0.1, 0.15) is 16.8 Å². The highest BCUT2D eigenvalue weighted by atomic mass is 19.3. The first-order valence-corrected chi connectivity index (χ1v) is 9.32. The fraction of sp³-hybridized carbons (Fsp3) is 0.190. The molecule has 2 aromatic carbocycles. The van der Waals surface area contributed by atoms with E-state index in [0.29, 0.717) is 10.9 Å². The third kappa shape index (κ3) is 5.94. The maximum atomic E-state index is 12.4. The quantitative estimate of drug-likeness (QED) is 0.526. The number of nitrogens with zero attached hydrogens (tertiary/aromatic N) is 2. The van der Waals surface area contributed by atoms with Crippen LogP contribution in [0.25, 0.3) is 10.9 Å². The first kappa shape index (κ1) is 22.5. The molecule has 0 saturated heterocycles. The number of carbonyl (C=O) groups excluding carboxylic acids is 3. The Morgan fingerprint density at radius 2 is 1.78 bits per heavy atom. The molecule has 0 bridgehead atoms. The molecule has 1 heterocycles. The minimum Gasteiger partial charge on any atom is -0.456 e. The second kappa shape index (κ2) is 10.2. The number of aryl methyl sites for hydroxylation is 1. The van der Waals surface area contributed by atoms with Gasteiger partial charge < -0.3 is 9.47 Å². The van der Waals surface area contributed by atoms with Crippen LogP contribution >= 0.6 is 0 Å². The molecular weight excluding hydrogens is 428 g/mol. The minimum atomic E-state index is -3.00. The molecular formula is C21H17F2N3O6. The van der Waals surface area contributed by atoms with Crippen molar-refractivity contribution in [1.82, 2.24) is 14.9 Å². The summed E-state index contributed by atoms with van der Waals surface area (Å²) in [6.07, 6.45) is 1.13. The first-order chi connectivity index (χ1) is 15.3. The molecule has 11 heteroatoms. The number of fused-ring (bicyclic) bond motifs is 1. The Labute approximate surface area is 179 Å². The maximum absolute atomic E-state index is 12.4. The number of para-hydroxylation sites is 1. The number of imide groups is 1. The van der Waals surface area contributed by atoms with E-state index in [-0.39, 0.29) is 29.8 Å². The van der Waals surface area contributed by atoms with Crippen molar-refractivity contribution in [2.24, 2.45) is 0 Å². The number of rotatable bonds is 8. The van der Waals surface area contributed by atoms with Crippen molar-refractivity contribution < 1.29 is 32.6 Å². The number of ether oxygens (including phenoxy) is 2. The van der Waals surface area contributed by atoms with Crippen LogP contribution in [0.3, 0.4) is 0 Å². The molecule has 0 atom stereocenters. The summed E-state index contributed by atoms with van der Waals surface area (Å²) in [5.41, 5.74) is 0.250. The number of carbonyl (C=O) groups is 3. The van der Waals surface area contributed by atoms with Gasteiger partial charge in [0, 0.05) is 12.1 Å². The van der Waals surface area contributed by atoms with E-state index in [0.717, 1.165) is 12.1 Å². The van der Waals surface area contributed by atoms with Crippen LogP contribution in [0, 0.1) is 0 Å². The van der Waals surface area contributed by atoms with Gasteiger partial charge in [0.05, 0.1) is 23.7 Å². The number of hydrogen-bond acceptors (Lipinski definition) is 7. The summed E-state index contributed by atoms with van der Waals surface area (Å²) in [5.74, 6) is -2.57. The highest BCUT2D eigenvalue weighted by molar-refractivity contribution is 6.05. The topological polar surface area (TPSA) is 117 Å². The summed E-state index contributed by atoms with van der Waals surface area (Å²) in [7, 11) is 0. The summed E-state index contributed by atoms with van der Waals surface area (Å²) >= 11 is 0. The molecule has 3 aromatic rings. The van der Waals surface area contributed by atoms with Gasteiger partial charge in [-0.25, -0.2) is 4.98 Å². The lowest BCUT2D eigenvalue weighted by molar-refractivity contribution is -0.148. The van der Waals surface area contributed by atoms with Gasteiger partial charge in [-0.05, 0) is 36.4 Å². The molecule has 3 rings (SSSR count). The molecule has 0 saturated carbocycles. The van der Waals surface area contributed by atoms with Crippen LogP contribution in [-0.2, 0) is 20.9 Å². The predicted molar refractivity (Wildman–Crippen MR) is 107 cm³/mol. The van der Waals surface area contributed by atoms with Crippen LogP contribution in [-0.4, -0.2) is 40.6 Å². The number of benzene rings is 2. The van der Waals surface area contributed by atoms with E-state index >= 15 is 0 Å². The summed E-state index contributed by atoms with van der Waals surface area (Å²) in [6.45, 7) is -3.70. The number of aromatic nitrogens is 2. The summed E-state index contributed by atoms with van der Waals surface area (Å²) in [6, 6.07) is 11.5. The minimum absolute atomic E-state index is 0.00306. The summed E-state index contributed by atoms with van der Waals surface area (Å²) in [5, 5.41) is 2.42. The van der Waals surface area contributed by atoms with Crippen molar-refractivity contribution >= 4 is 28.7 Å². The van der Waals surface area contributed by atoms with Crippen molar-refractivity contribution in [3.05, 3.63) is 70.8 Å². The standard InChI is InChI=1S/C21H17F2N3O6/c22-21(23)32-14-7-5-13(6-8-14)19(29)25-17(27)11-31-18(28)9-10-26-12-24-16-4-2-1-3-15(16)20(26)30/h1-8,12,21H,9-11H2,(H,25,27,29). The molecule has 2 amide bonds. The average molecular weight is 445 g/mol. The van der Waals surface area contributed by atoms with Gasteiger partial charge in [-0.1, -0.05) is 12.1 Å². The third-order valence-corrected chi connectivity index (χ3v) is 4.25. The van der Waals surface area contributed by atoms with Crippen LogP contribution < -0.4 is 15.6 Å². The average Bonchev–Trinajstić information content (AvgIpc) is 2.77. The van der Waals surface area contributed by atoms with E-state index in [1.165, 1.54) is 23.0 Å². The molecule has 0 aliphatic heterocycles. The van der Waals surface area contributed by atoms with Gasteiger partial charge in [0.25, 0.3) is 17.4 Å². The Morgan fingerprint density at radius 1 is 1.06 bits per heavy atom. The Balaban J connectivity index is 1.45. The van der Waals surface area contributed by atoms with Gasteiger partial charge in [-0.3, -0.25) is 29.1 Å². The van der Waals surface area contributed by atoms with E-state index < -0.39 is 31.0 Å². The van der Waals surface area contributed by atoms with Crippen LogP contribution in [0.15, 0.2) is 59.7 Å². The maximum Gasteiger partial charge on any atom is 0.387 e. The number of amides is 2. The molecule has 9 nitrogen and oxygen atoms in total. The number of halogens is 2.